The second kappa shape index (κ2) is 12.3. The van der Waals surface area contributed by atoms with Gasteiger partial charge in [0.15, 0.2) is 5.96 Å². The van der Waals surface area contributed by atoms with Crippen LogP contribution < -0.4 is 10.6 Å². The number of rotatable bonds is 8. The molecule has 0 aromatic carbocycles. The van der Waals surface area contributed by atoms with E-state index in [1.165, 1.54) is 9.88 Å². The molecule has 0 saturated carbocycles. The second-order valence-corrected chi connectivity index (χ2v) is 5.30. The third-order valence-corrected chi connectivity index (χ3v) is 3.82. The maximum atomic E-state index is 5.00. The highest BCUT2D eigenvalue weighted by Crippen LogP contribution is 2.13. The summed E-state index contributed by atoms with van der Waals surface area (Å²) in [5.41, 5.74) is 0. The SMILES string of the molecule is CCc1cnc(CCNC(=NC)NCCCOC)s1.I. The number of hydrogen-bond acceptors (Lipinski definition) is 4. The predicted molar refractivity (Wildman–Crippen MR) is 96.5 cm³/mol. The molecule has 1 rings (SSSR count). The number of halogens is 1. The van der Waals surface area contributed by atoms with E-state index in [2.05, 4.69) is 27.5 Å². The van der Waals surface area contributed by atoms with E-state index in [4.69, 9.17) is 4.74 Å². The predicted octanol–water partition coefficient (Wildman–Crippen LogP) is 2.07. The Bertz CT molecular complexity index is 384. The van der Waals surface area contributed by atoms with Gasteiger partial charge in [0, 0.05) is 51.3 Å². The summed E-state index contributed by atoms with van der Waals surface area (Å²) in [6.07, 6.45) is 4.94. The van der Waals surface area contributed by atoms with Gasteiger partial charge in [-0.15, -0.1) is 35.3 Å². The van der Waals surface area contributed by atoms with E-state index in [9.17, 15) is 0 Å². The van der Waals surface area contributed by atoms with Crippen molar-refractivity contribution >= 4 is 41.3 Å². The zero-order chi connectivity index (χ0) is 13.9. The summed E-state index contributed by atoms with van der Waals surface area (Å²) in [5, 5.41) is 7.72. The van der Waals surface area contributed by atoms with Crippen LogP contribution in [0.3, 0.4) is 0 Å². The van der Waals surface area contributed by atoms with Crippen LogP contribution in [0.5, 0.6) is 0 Å². The third kappa shape index (κ3) is 8.01. The Labute approximate surface area is 142 Å². The van der Waals surface area contributed by atoms with Crippen LogP contribution in [-0.2, 0) is 17.6 Å². The molecule has 0 atom stereocenters. The molecule has 20 heavy (non-hydrogen) atoms. The highest BCUT2D eigenvalue weighted by molar-refractivity contribution is 14.0. The molecule has 0 aliphatic heterocycles. The third-order valence-electron chi connectivity index (χ3n) is 2.62. The van der Waals surface area contributed by atoms with Gasteiger partial charge in [0.2, 0.25) is 0 Å². The molecule has 0 aliphatic rings. The minimum Gasteiger partial charge on any atom is -0.385 e. The number of hydrogen-bond donors (Lipinski definition) is 2. The van der Waals surface area contributed by atoms with Gasteiger partial charge < -0.3 is 15.4 Å². The fourth-order valence-electron chi connectivity index (χ4n) is 1.56. The van der Waals surface area contributed by atoms with Crippen molar-refractivity contribution in [3.63, 3.8) is 0 Å². The molecule has 1 aromatic rings. The smallest absolute Gasteiger partial charge is 0.190 e. The van der Waals surface area contributed by atoms with Gasteiger partial charge in [0.1, 0.15) is 0 Å². The first-order valence-corrected chi connectivity index (χ1v) is 7.48. The van der Waals surface area contributed by atoms with Crippen LogP contribution in [0.2, 0.25) is 0 Å². The lowest BCUT2D eigenvalue weighted by Crippen LogP contribution is -2.38. The number of ether oxygens (including phenoxy) is 1. The summed E-state index contributed by atoms with van der Waals surface area (Å²) in [4.78, 5) is 9.92. The van der Waals surface area contributed by atoms with Crippen LogP contribution in [0.1, 0.15) is 23.2 Å². The number of nitrogens with zero attached hydrogens (tertiary/aromatic N) is 2. The molecule has 0 aliphatic carbocycles. The summed E-state index contributed by atoms with van der Waals surface area (Å²) in [5.74, 6) is 0.836. The molecule has 0 unspecified atom stereocenters. The van der Waals surface area contributed by atoms with Gasteiger partial charge in [-0.05, 0) is 12.8 Å². The Hall–Kier alpha value is -0.410. The number of aliphatic imine (C=N–C) groups is 1. The van der Waals surface area contributed by atoms with Crippen LogP contribution in [0, 0.1) is 0 Å². The molecule has 7 heteroatoms. The van der Waals surface area contributed by atoms with E-state index in [0.29, 0.717) is 0 Å². The van der Waals surface area contributed by atoms with Crippen molar-refractivity contribution in [3.05, 3.63) is 16.1 Å². The first-order valence-electron chi connectivity index (χ1n) is 6.67. The van der Waals surface area contributed by atoms with E-state index in [1.54, 1.807) is 25.5 Å². The molecule has 116 valence electrons. The van der Waals surface area contributed by atoms with Crippen LogP contribution in [0.25, 0.3) is 0 Å². The first-order chi connectivity index (χ1) is 9.30. The molecule has 0 radical (unpaired) electrons. The van der Waals surface area contributed by atoms with Crippen LogP contribution in [0.4, 0.5) is 0 Å². The number of aryl methyl sites for hydroxylation is 1. The van der Waals surface area contributed by atoms with E-state index in [1.807, 2.05) is 6.20 Å². The Kier molecular flexibility index (Phi) is 12.1. The fraction of sp³-hybridized carbons (Fsp3) is 0.692. The fourth-order valence-corrected chi connectivity index (χ4v) is 2.42. The zero-order valence-corrected chi connectivity index (χ0v) is 15.6. The number of thiazole rings is 1. The van der Waals surface area contributed by atoms with Crippen molar-refractivity contribution in [2.75, 3.05) is 33.9 Å². The molecule has 2 N–H and O–H groups in total. The van der Waals surface area contributed by atoms with Crippen LogP contribution in [-0.4, -0.2) is 44.8 Å². The quantitative estimate of drug-likeness (QED) is 0.297. The number of nitrogens with one attached hydrogen (secondary N) is 2. The van der Waals surface area contributed by atoms with Crippen molar-refractivity contribution in [1.82, 2.24) is 15.6 Å². The standard InChI is InChI=1S/C13H24N4OS.HI/c1-4-11-10-17-12(19-11)6-8-16-13(14-2)15-7-5-9-18-3;/h10H,4-9H2,1-3H3,(H2,14,15,16);1H. The molecule has 1 aromatic heterocycles. The maximum absolute atomic E-state index is 5.00. The normalized spacial score (nSPS) is 11.1. The van der Waals surface area contributed by atoms with Gasteiger partial charge in [-0.3, -0.25) is 4.99 Å². The van der Waals surface area contributed by atoms with Crippen molar-refractivity contribution in [2.45, 2.75) is 26.2 Å². The largest absolute Gasteiger partial charge is 0.385 e. The highest BCUT2D eigenvalue weighted by atomic mass is 127. The van der Waals surface area contributed by atoms with E-state index >= 15 is 0 Å². The van der Waals surface area contributed by atoms with Gasteiger partial charge in [0.25, 0.3) is 0 Å². The lowest BCUT2D eigenvalue weighted by molar-refractivity contribution is 0.195. The van der Waals surface area contributed by atoms with Gasteiger partial charge >= 0.3 is 0 Å². The highest BCUT2D eigenvalue weighted by Gasteiger charge is 2.01. The van der Waals surface area contributed by atoms with Crippen molar-refractivity contribution in [1.29, 1.82) is 0 Å². The van der Waals surface area contributed by atoms with Crippen molar-refractivity contribution in [3.8, 4) is 0 Å². The summed E-state index contributed by atoms with van der Waals surface area (Å²) in [7, 11) is 3.50. The van der Waals surface area contributed by atoms with Gasteiger partial charge in [0.05, 0.1) is 5.01 Å². The lowest BCUT2D eigenvalue weighted by Gasteiger charge is -2.10. The van der Waals surface area contributed by atoms with Crippen LogP contribution in [0.15, 0.2) is 11.2 Å². The van der Waals surface area contributed by atoms with Crippen LogP contribution >= 0.6 is 35.3 Å². The van der Waals surface area contributed by atoms with Crippen molar-refractivity contribution in [2.24, 2.45) is 4.99 Å². The average molecular weight is 412 g/mol. The summed E-state index contributed by atoms with van der Waals surface area (Å²) >= 11 is 1.79. The van der Waals surface area contributed by atoms with E-state index in [0.717, 1.165) is 44.9 Å². The zero-order valence-electron chi connectivity index (χ0n) is 12.4. The van der Waals surface area contributed by atoms with Crippen molar-refractivity contribution < 1.29 is 4.74 Å². The summed E-state index contributed by atoms with van der Waals surface area (Å²) in [6, 6.07) is 0. The molecule has 1 heterocycles. The monoisotopic (exact) mass is 412 g/mol. The van der Waals surface area contributed by atoms with E-state index in [-0.39, 0.29) is 24.0 Å². The molecule has 0 bridgehead atoms. The topological polar surface area (TPSA) is 58.5 Å². The average Bonchev–Trinajstić information content (AvgIpc) is 2.89. The molecular weight excluding hydrogens is 387 g/mol. The molecule has 0 saturated heterocycles. The Morgan fingerprint density at radius 3 is 2.75 bits per heavy atom. The van der Waals surface area contributed by atoms with Gasteiger partial charge in [-0.25, -0.2) is 4.98 Å². The Morgan fingerprint density at radius 1 is 1.40 bits per heavy atom. The summed E-state index contributed by atoms with van der Waals surface area (Å²) < 4.78 is 5.00. The Morgan fingerprint density at radius 2 is 2.15 bits per heavy atom. The van der Waals surface area contributed by atoms with Gasteiger partial charge in [-0.1, -0.05) is 6.92 Å². The summed E-state index contributed by atoms with van der Waals surface area (Å²) in [6.45, 7) is 4.63. The molecular formula is C13H25IN4OS. The number of guanidine groups is 1. The number of aromatic nitrogens is 1. The molecule has 0 fully saturated rings. The molecule has 5 nitrogen and oxygen atoms in total. The molecule has 0 amide bonds. The lowest BCUT2D eigenvalue weighted by atomic mass is 10.4. The molecule has 0 spiro atoms. The minimum atomic E-state index is 0. The maximum Gasteiger partial charge on any atom is 0.190 e. The Balaban J connectivity index is 0.00000361. The number of methoxy groups -OCH3 is 1. The first kappa shape index (κ1) is 19.6. The van der Waals surface area contributed by atoms with Gasteiger partial charge in [-0.2, -0.15) is 0 Å². The minimum absolute atomic E-state index is 0. The second-order valence-electron chi connectivity index (χ2n) is 4.10. The van der Waals surface area contributed by atoms with E-state index < -0.39 is 0 Å².